The average Bonchev–Trinajstić information content (AvgIpc) is 2.88. The number of H-pyrrole nitrogens is 1. The van der Waals surface area contributed by atoms with Crippen LogP contribution in [-0.2, 0) is 6.54 Å². The summed E-state index contributed by atoms with van der Waals surface area (Å²) in [5, 5.41) is 0. The fourth-order valence-corrected chi connectivity index (χ4v) is 1.70. The van der Waals surface area contributed by atoms with Crippen LogP contribution in [0.4, 0.5) is 0 Å². The summed E-state index contributed by atoms with van der Waals surface area (Å²) in [4.78, 5) is 7.43. The van der Waals surface area contributed by atoms with Gasteiger partial charge in [-0.05, 0) is 25.1 Å². The smallest absolute Gasteiger partial charge is 0.161 e. The molecule has 1 heterocycles. The van der Waals surface area contributed by atoms with Crippen LogP contribution in [0.15, 0.2) is 24.4 Å². The van der Waals surface area contributed by atoms with Crippen molar-refractivity contribution in [2.75, 3.05) is 13.7 Å². The van der Waals surface area contributed by atoms with Crippen molar-refractivity contribution < 1.29 is 9.47 Å². The molecule has 2 aromatic rings. The van der Waals surface area contributed by atoms with Gasteiger partial charge >= 0.3 is 0 Å². The van der Waals surface area contributed by atoms with Crippen LogP contribution in [0.1, 0.15) is 12.6 Å². The normalized spacial score (nSPS) is 10.4. The van der Waals surface area contributed by atoms with Crippen molar-refractivity contribution in [1.82, 2.24) is 9.97 Å². The number of methoxy groups -OCH3 is 1. The van der Waals surface area contributed by atoms with E-state index in [1.807, 2.05) is 25.1 Å². The summed E-state index contributed by atoms with van der Waals surface area (Å²) < 4.78 is 10.8. The molecule has 0 unspecified atom stereocenters. The molecule has 0 bridgehead atoms. The number of aromatic amines is 1. The monoisotopic (exact) mass is 247 g/mol. The first-order chi connectivity index (χ1) is 8.78. The molecule has 18 heavy (non-hydrogen) atoms. The molecule has 0 aliphatic carbocycles. The molecule has 1 aromatic carbocycles. The number of imidazole rings is 1. The fourth-order valence-electron chi connectivity index (χ4n) is 1.70. The van der Waals surface area contributed by atoms with Gasteiger partial charge in [0.2, 0.25) is 0 Å². The summed E-state index contributed by atoms with van der Waals surface area (Å²) in [6, 6.07) is 5.71. The van der Waals surface area contributed by atoms with E-state index in [0.29, 0.717) is 18.9 Å². The van der Waals surface area contributed by atoms with Crippen molar-refractivity contribution in [3.8, 4) is 22.9 Å². The minimum Gasteiger partial charge on any atom is -0.493 e. The SMILES string of the molecule is CCOc1ccc(-c2ncc(CN)[nH]2)cc1OC. The summed E-state index contributed by atoms with van der Waals surface area (Å²) in [5.41, 5.74) is 7.39. The lowest BCUT2D eigenvalue weighted by atomic mass is 10.2. The molecule has 0 fully saturated rings. The molecule has 0 radical (unpaired) electrons. The Kier molecular flexibility index (Phi) is 3.84. The van der Waals surface area contributed by atoms with Crippen LogP contribution < -0.4 is 15.2 Å². The van der Waals surface area contributed by atoms with Crippen molar-refractivity contribution in [3.05, 3.63) is 30.1 Å². The molecule has 96 valence electrons. The predicted octanol–water partition coefficient (Wildman–Crippen LogP) is 1.94. The Hall–Kier alpha value is -2.01. The fraction of sp³-hybridized carbons (Fsp3) is 0.308. The lowest BCUT2D eigenvalue weighted by Crippen LogP contribution is -1.96. The van der Waals surface area contributed by atoms with Gasteiger partial charge in [0.25, 0.3) is 0 Å². The summed E-state index contributed by atoms with van der Waals surface area (Å²) in [6.45, 7) is 2.99. The first-order valence-corrected chi connectivity index (χ1v) is 5.83. The highest BCUT2D eigenvalue weighted by atomic mass is 16.5. The molecule has 0 atom stereocenters. The lowest BCUT2D eigenvalue weighted by molar-refractivity contribution is 0.311. The van der Waals surface area contributed by atoms with Crippen molar-refractivity contribution in [1.29, 1.82) is 0 Å². The van der Waals surface area contributed by atoms with Gasteiger partial charge in [-0.2, -0.15) is 0 Å². The van der Waals surface area contributed by atoms with Crippen molar-refractivity contribution >= 4 is 0 Å². The van der Waals surface area contributed by atoms with Gasteiger partial charge in [0.05, 0.1) is 13.7 Å². The van der Waals surface area contributed by atoms with Crippen molar-refractivity contribution in [2.45, 2.75) is 13.5 Å². The van der Waals surface area contributed by atoms with E-state index in [2.05, 4.69) is 9.97 Å². The molecule has 5 nitrogen and oxygen atoms in total. The van der Waals surface area contributed by atoms with Gasteiger partial charge in [0.15, 0.2) is 11.5 Å². The van der Waals surface area contributed by atoms with E-state index in [1.165, 1.54) is 0 Å². The highest BCUT2D eigenvalue weighted by Crippen LogP contribution is 2.31. The number of aromatic nitrogens is 2. The maximum absolute atomic E-state index is 5.55. The van der Waals surface area contributed by atoms with Crippen molar-refractivity contribution in [2.24, 2.45) is 5.73 Å². The summed E-state index contributed by atoms with van der Waals surface area (Å²) >= 11 is 0. The second-order valence-corrected chi connectivity index (χ2v) is 3.76. The van der Waals surface area contributed by atoms with Crippen LogP contribution in [0.3, 0.4) is 0 Å². The van der Waals surface area contributed by atoms with Gasteiger partial charge in [-0.3, -0.25) is 0 Å². The van der Waals surface area contributed by atoms with Gasteiger partial charge in [0, 0.05) is 24.0 Å². The first kappa shape index (κ1) is 12.4. The molecule has 5 heteroatoms. The van der Waals surface area contributed by atoms with Gasteiger partial charge in [0.1, 0.15) is 5.82 Å². The third kappa shape index (κ3) is 2.46. The Morgan fingerprint density at radius 2 is 2.17 bits per heavy atom. The number of ether oxygens (including phenoxy) is 2. The van der Waals surface area contributed by atoms with Crippen LogP contribution in [-0.4, -0.2) is 23.7 Å². The molecule has 0 aliphatic heterocycles. The Morgan fingerprint density at radius 1 is 1.33 bits per heavy atom. The summed E-state index contributed by atoms with van der Waals surface area (Å²) in [7, 11) is 1.62. The quantitative estimate of drug-likeness (QED) is 0.846. The number of nitrogens with one attached hydrogen (secondary N) is 1. The van der Waals surface area contributed by atoms with Crippen LogP contribution in [0, 0.1) is 0 Å². The minimum atomic E-state index is 0.446. The lowest BCUT2D eigenvalue weighted by Gasteiger charge is -2.10. The van der Waals surface area contributed by atoms with Crippen LogP contribution in [0.25, 0.3) is 11.4 Å². The van der Waals surface area contributed by atoms with Crippen LogP contribution in [0.5, 0.6) is 11.5 Å². The number of rotatable bonds is 5. The maximum atomic E-state index is 5.55. The predicted molar refractivity (Wildman–Crippen MR) is 69.6 cm³/mol. The zero-order chi connectivity index (χ0) is 13.0. The van der Waals surface area contributed by atoms with Crippen molar-refractivity contribution in [3.63, 3.8) is 0 Å². The molecule has 3 N–H and O–H groups in total. The Labute approximate surface area is 106 Å². The van der Waals surface area contributed by atoms with E-state index in [9.17, 15) is 0 Å². The van der Waals surface area contributed by atoms with E-state index in [0.717, 1.165) is 22.8 Å². The third-order valence-electron chi connectivity index (χ3n) is 2.59. The maximum Gasteiger partial charge on any atom is 0.161 e. The van der Waals surface area contributed by atoms with E-state index >= 15 is 0 Å². The van der Waals surface area contributed by atoms with Gasteiger partial charge in [-0.15, -0.1) is 0 Å². The van der Waals surface area contributed by atoms with Gasteiger partial charge < -0.3 is 20.2 Å². The largest absolute Gasteiger partial charge is 0.493 e. The van der Waals surface area contributed by atoms with E-state index in [-0.39, 0.29) is 0 Å². The highest BCUT2D eigenvalue weighted by Gasteiger charge is 2.08. The molecular formula is C13H17N3O2. The molecule has 0 saturated heterocycles. The minimum absolute atomic E-state index is 0.446. The van der Waals surface area contributed by atoms with E-state index in [1.54, 1.807) is 13.3 Å². The first-order valence-electron chi connectivity index (χ1n) is 5.83. The Morgan fingerprint density at radius 3 is 2.78 bits per heavy atom. The number of nitrogens with two attached hydrogens (primary N) is 1. The molecular weight excluding hydrogens is 230 g/mol. The standard InChI is InChI=1S/C13H17N3O2/c1-3-18-11-5-4-9(6-12(11)17-2)13-15-8-10(7-14)16-13/h4-6,8H,3,7,14H2,1-2H3,(H,15,16). The molecule has 0 saturated carbocycles. The third-order valence-corrected chi connectivity index (χ3v) is 2.59. The van der Waals surface area contributed by atoms with Gasteiger partial charge in [-0.25, -0.2) is 4.98 Å². The molecule has 0 amide bonds. The second kappa shape index (κ2) is 5.55. The molecule has 1 aromatic heterocycles. The zero-order valence-corrected chi connectivity index (χ0v) is 10.6. The number of hydrogen-bond acceptors (Lipinski definition) is 4. The number of nitrogens with zero attached hydrogens (tertiary/aromatic N) is 1. The summed E-state index contributed by atoms with van der Waals surface area (Å²) in [5.74, 6) is 2.20. The van der Waals surface area contributed by atoms with E-state index in [4.69, 9.17) is 15.2 Å². The molecule has 0 spiro atoms. The molecule has 0 aliphatic rings. The van der Waals surface area contributed by atoms with E-state index < -0.39 is 0 Å². The Balaban J connectivity index is 2.34. The number of hydrogen-bond donors (Lipinski definition) is 2. The molecule has 2 rings (SSSR count). The van der Waals surface area contributed by atoms with Gasteiger partial charge in [-0.1, -0.05) is 0 Å². The topological polar surface area (TPSA) is 73.2 Å². The van der Waals surface area contributed by atoms with Crippen LogP contribution in [0.2, 0.25) is 0 Å². The highest BCUT2D eigenvalue weighted by molar-refractivity contribution is 5.61. The zero-order valence-electron chi connectivity index (χ0n) is 10.6. The second-order valence-electron chi connectivity index (χ2n) is 3.76. The number of benzene rings is 1. The summed E-state index contributed by atoms with van der Waals surface area (Å²) in [6.07, 6.45) is 1.73. The average molecular weight is 247 g/mol. The Bertz CT molecular complexity index is 523. The van der Waals surface area contributed by atoms with Crippen LogP contribution >= 0.6 is 0 Å².